The number of sulfonamides is 1. The van der Waals surface area contributed by atoms with Crippen LogP contribution in [0, 0.1) is 5.92 Å². The molecule has 31 heavy (non-hydrogen) atoms. The highest BCUT2D eigenvalue weighted by Crippen LogP contribution is 2.33. The van der Waals surface area contributed by atoms with Gasteiger partial charge < -0.3 is 14.3 Å². The lowest BCUT2D eigenvalue weighted by Gasteiger charge is -2.20. The van der Waals surface area contributed by atoms with E-state index < -0.39 is 28.1 Å². The maximum Gasteiger partial charge on any atom is 0.414 e. The largest absolute Gasteiger partial charge is 0.480 e. The maximum absolute atomic E-state index is 12.8. The van der Waals surface area contributed by atoms with Gasteiger partial charge in [-0.3, -0.25) is 9.69 Å². The number of nitrogens with zero attached hydrogens (tertiary/aromatic N) is 1. The molecule has 1 aliphatic rings. The minimum atomic E-state index is -4.08. The van der Waals surface area contributed by atoms with Gasteiger partial charge in [0.25, 0.3) is 0 Å². The topological polar surface area (TPSA) is 126 Å². The van der Waals surface area contributed by atoms with Crippen LogP contribution in [0.5, 0.6) is 0 Å². The molecule has 4 rings (SSSR count). The number of carbonyl (C=O) groups excluding carboxylic acids is 1. The molecular formula is C21H22N2O7S. The zero-order valence-corrected chi connectivity index (χ0v) is 17.8. The monoisotopic (exact) mass is 446 g/mol. The second-order valence-electron chi connectivity index (χ2n) is 7.53. The van der Waals surface area contributed by atoms with Crippen molar-refractivity contribution in [2.75, 3.05) is 18.1 Å². The molecule has 2 unspecified atom stereocenters. The number of nitrogens with one attached hydrogen (secondary N) is 1. The van der Waals surface area contributed by atoms with E-state index in [1.54, 1.807) is 38.1 Å². The fourth-order valence-corrected chi connectivity index (χ4v) is 4.90. The number of anilines is 1. The third-order valence-electron chi connectivity index (χ3n) is 5.57. The average molecular weight is 446 g/mol. The Bertz CT molecular complexity index is 1280. The number of cyclic esters (lactones) is 1. The summed E-state index contributed by atoms with van der Waals surface area (Å²) in [5.74, 6) is -1.60. The van der Waals surface area contributed by atoms with E-state index in [4.69, 9.17) is 9.15 Å². The first-order valence-electron chi connectivity index (χ1n) is 9.87. The first-order valence-corrected chi connectivity index (χ1v) is 11.4. The number of hydrogen-bond acceptors (Lipinski definition) is 6. The van der Waals surface area contributed by atoms with Crippen LogP contribution in [0.3, 0.4) is 0 Å². The lowest BCUT2D eigenvalue weighted by atomic mass is 10.0. The molecule has 9 nitrogen and oxygen atoms in total. The lowest BCUT2D eigenvalue weighted by Crippen LogP contribution is -2.44. The summed E-state index contributed by atoms with van der Waals surface area (Å²) in [6, 6.07) is 8.47. The van der Waals surface area contributed by atoms with Gasteiger partial charge in [-0.1, -0.05) is 20.3 Å². The summed E-state index contributed by atoms with van der Waals surface area (Å²) in [5, 5.41) is 10.9. The zero-order valence-electron chi connectivity index (χ0n) is 17.0. The van der Waals surface area contributed by atoms with Gasteiger partial charge in [-0.05, 0) is 30.2 Å². The predicted octanol–water partition coefficient (Wildman–Crippen LogP) is 3.32. The van der Waals surface area contributed by atoms with Gasteiger partial charge in [-0.15, -0.1) is 0 Å². The molecule has 1 fully saturated rings. The highest BCUT2D eigenvalue weighted by molar-refractivity contribution is 7.89. The molecule has 2 heterocycles. The predicted molar refractivity (Wildman–Crippen MR) is 114 cm³/mol. The summed E-state index contributed by atoms with van der Waals surface area (Å²) < 4.78 is 38.7. The summed E-state index contributed by atoms with van der Waals surface area (Å²) in [7, 11) is -4.08. The molecule has 164 valence electrons. The molecule has 10 heteroatoms. The van der Waals surface area contributed by atoms with Crippen LogP contribution in [0.1, 0.15) is 20.3 Å². The average Bonchev–Trinajstić information content (AvgIpc) is 3.33. The summed E-state index contributed by atoms with van der Waals surface area (Å²) in [5.41, 5.74) is 1.47. The number of carbonyl (C=O) groups is 2. The molecule has 0 spiro atoms. The van der Waals surface area contributed by atoms with Gasteiger partial charge in [0.1, 0.15) is 23.8 Å². The van der Waals surface area contributed by atoms with Crippen molar-refractivity contribution in [3.63, 3.8) is 0 Å². The van der Waals surface area contributed by atoms with Crippen LogP contribution in [0.2, 0.25) is 0 Å². The summed E-state index contributed by atoms with van der Waals surface area (Å²) in [4.78, 5) is 24.7. The van der Waals surface area contributed by atoms with Crippen LogP contribution in [0.4, 0.5) is 10.5 Å². The van der Waals surface area contributed by atoms with Gasteiger partial charge in [-0.2, -0.15) is 4.72 Å². The van der Waals surface area contributed by atoms with E-state index in [2.05, 4.69) is 4.72 Å². The number of fused-ring (bicyclic) bond motifs is 3. The lowest BCUT2D eigenvalue weighted by molar-refractivity contribution is -0.140. The normalized spacial score (nSPS) is 16.6. The van der Waals surface area contributed by atoms with E-state index in [-0.39, 0.29) is 10.8 Å². The molecule has 0 radical (unpaired) electrons. The van der Waals surface area contributed by atoms with Crippen molar-refractivity contribution in [1.29, 1.82) is 0 Å². The van der Waals surface area contributed by atoms with Crippen LogP contribution in [-0.2, 0) is 19.6 Å². The van der Waals surface area contributed by atoms with Gasteiger partial charge >= 0.3 is 12.1 Å². The van der Waals surface area contributed by atoms with Gasteiger partial charge in [0, 0.05) is 22.9 Å². The van der Waals surface area contributed by atoms with Gasteiger partial charge in [0.2, 0.25) is 10.0 Å². The summed E-state index contributed by atoms with van der Waals surface area (Å²) in [6.07, 6.45) is 0.0823. The Morgan fingerprint density at radius 2 is 1.87 bits per heavy atom. The number of benzene rings is 2. The van der Waals surface area contributed by atoms with Crippen LogP contribution in [0.25, 0.3) is 21.9 Å². The minimum absolute atomic E-state index is 0.0862. The molecule has 1 aliphatic heterocycles. The summed E-state index contributed by atoms with van der Waals surface area (Å²) in [6.45, 7) is 4.24. The molecule has 2 atom stereocenters. The molecule has 0 aliphatic carbocycles. The second kappa shape index (κ2) is 7.86. The van der Waals surface area contributed by atoms with Gasteiger partial charge in [-0.25, -0.2) is 13.2 Å². The Balaban J connectivity index is 1.70. The molecule has 0 saturated carbocycles. The Morgan fingerprint density at radius 1 is 1.19 bits per heavy atom. The van der Waals surface area contributed by atoms with Crippen molar-refractivity contribution in [3.05, 3.63) is 36.4 Å². The van der Waals surface area contributed by atoms with E-state index in [0.29, 0.717) is 41.8 Å². The quantitative estimate of drug-likeness (QED) is 0.570. The number of ether oxygens (including phenoxy) is 1. The summed E-state index contributed by atoms with van der Waals surface area (Å²) >= 11 is 0. The standard InChI is InChI=1S/C21H22N2O7S/c1-3-12(2)19(20(24)25)22-31(27,28)14-5-7-16-15-6-4-13(23-8-9-29-21(23)26)10-17(15)30-18(16)11-14/h4-7,10-12,19,22H,3,8-9H2,1-2H3,(H,24,25). The Hall–Kier alpha value is -3.11. The third-order valence-corrected chi connectivity index (χ3v) is 7.01. The molecule has 1 saturated heterocycles. The fraction of sp³-hybridized carbons (Fsp3) is 0.333. The molecule has 1 aromatic heterocycles. The number of rotatable bonds is 7. The highest BCUT2D eigenvalue weighted by Gasteiger charge is 2.30. The fourth-order valence-electron chi connectivity index (χ4n) is 3.59. The smallest absolute Gasteiger partial charge is 0.414 e. The molecule has 2 N–H and O–H groups in total. The molecule has 0 bridgehead atoms. The SMILES string of the molecule is CCC(C)C(NS(=O)(=O)c1ccc2c(c1)oc1cc(N3CCOC3=O)ccc12)C(=O)O. The number of amides is 1. The minimum Gasteiger partial charge on any atom is -0.480 e. The Labute approximate surface area is 178 Å². The highest BCUT2D eigenvalue weighted by atomic mass is 32.2. The molecular weight excluding hydrogens is 424 g/mol. The van der Waals surface area contributed by atoms with E-state index in [1.165, 1.54) is 17.0 Å². The van der Waals surface area contributed by atoms with Crippen LogP contribution in [-0.4, -0.2) is 44.8 Å². The van der Waals surface area contributed by atoms with Gasteiger partial charge in [0.15, 0.2) is 0 Å². The number of furan rings is 1. The van der Waals surface area contributed by atoms with Gasteiger partial charge in [0.05, 0.1) is 17.1 Å². The molecule has 1 amide bonds. The Kier molecular flexibility index (Phi) is 5.36. The van der Waals surface area contributed by atoms with Crippen molar-refractivity contribution in [2.45, 2.75) is 31.2 Å². The zero-order chi connectivity index (χ0) is 22.3. The van der Waals surface area contributed by atoms with E-state index >= 15 is 0 Å². The number of aliphatic carboxylic acids is 1. The first-order chi connectivity index (χ1) is 14.7. The molecule has 3 aromatic rings. The third kappa shape index (κ3) is 3.84. The van der Waals surface area contributed by atoms with E-state index in [1.807, 2.05) is 0 Å². The van der Waals surface area contributed by atoms with Crippen molar-refractivity contribution in [1.82, 2.24) is 4.72 Å². The number of carboxylic acids is 1. The maximum atomic E-state index is 12.8. The number of carboxylic acid groups (broad SMARTS) is 1. The van der Waals surface area contributed by atoms with Crippen molar-refractivity contribution in [2.24, 2.45) is 5.92 Å². The van der Waals surface area contributed by atoms with Crippen molar-refractivity contribution < 1.29 is 32.3 Å². The number of hydrogen-bond donors (Lipinski definition) is 2. The molecule has 2 aromatic carbocycles. The van der Waals surface area contributed by atoms with Crippen molar-refractivity contribution >= 4 is 49.7 Å². The Morgan fingerprint density at radius 3 is 2.48 bits per heavy atom. The van der Waals surface area contributed by atoms with Crippen LogP contribution < -0.4 is 9.62 Å². The first kappa shape index (κ1) is 21.1. The van der Waals surface area contributed by atoms with E-state index in [0.717, 1.165) is 5.39 Å². The van der Waals surface area contributed by atoms with Crippen molar-refractivity contribution in [3.8, 4) is 0 Å². The van der Waals surface area contributed by atoms with Crippen LogP contribution in [0.15, 0.2) is 45.7 Å². The second-order valence-corrected chi connectivity index (χ2v) is 9.24. The van der Waals surface area contributed by atoms with E-state index in [9.17, 15) is 23.1 Å². The van der Waals surface area contributed by atoms with Crippen LogP contribution >= 0.6 is 0 Å².